The maximum atomic E-state index is 6.00. The molecule has 0 unspecified atom stereocenters. The Labute approximate surface area is 142 Å². The molecule has 0 fully saturated rings. The quantitative estimate of drug-likeness (QED) is 0.563. The predicted molar refractivity (Wildman–Crippen MR) is 100 cm³/mol. The monoisotopic (exact) mass is 325 g/mol. The number of hydrogen-bond acceptors (Lipinski definition) is 2. The summed E-state index contributed by atoms with van der Waals surface area (Å²) in [6, 6.07) is 16.2. The first-order valence-electron chi connectivity index (χ1n) is 7.91. The van der Waals surface area contributed by atoms with Crippen LogP contribution in [0.25, 0.3) is 23.1 Å². The second-order valence-corrected chi connectivity index (χ2v) is 5.86. The molecule has 0 aliphatic rings. The summed E-state index contributed by atoms with van der Waals surface area (Å²) in [5.41, 5.74) is 3.26. The molecule has 0 atom stereocenters. The summed E-state index contributed by atoms with van der Waals surface area (Å²) in [7, 11) is 0. The smallest absolute Gasteiger partial charge is 0.134 e. The molecule has 3 aromatic rings. The molecule has 118 valence electrons. The average Bonchev–Trinajstić information content (AvgIpc) is 2.97. The van der Waals surface area contributed by atoms with Crippen LogP contribution in [0.3, 0.4) is 0 Å². The van der Waals surface area contributed by atoms with E-state index in [0.29, 0.717) is 0 Å². The van der Waals surface area contributed by atoms with Gasteiger partial charge < -0.3 is 9.32 Å². The molecule has 0 radical (unpaired) electrons. The van der Waals surface area contributed by atoms with Crippen LogP contribution < -0.4 is 4.90 Å². The zero-order chi connectivity index (χ0) is 16.2. The lowest BCUT2D eigenvalue weighted by Crippen LogP contribution is -2.21. The number of benzene rings is 2. The lowest BCUT2D eigenvalue weighted by atomic mass is 10.1. The number of anilines is 1. The van der Waals surface area contributed by atoms with E-state index in [1.165, 1.54) is 5.69 Å². The van der Waals surface area contributed by atoms with Gasteiger partial charge in [-0.2, -0.15) is 0 Å². The fourth-order valence-corrected chi connectivity index (χ4v) is 2.86. The van der Waals surface area contributed by atoms with Gasteiger partial charge in [0.05, 0.1) is 0 Å². The first kappa shape index (κ1) is 15.7. The Bertz CT molecular complexity index is 813. The van der Waals surface area contributed by atoms with Crippen LogP contribution in [0.2, 0.25) is 5.02 Å². The first-order valence-corrected chi connectivity index (χ1v) is 8.29. The van der Waals surface area contributed by atoms with Gasteiger partial charge in [-0.1, -0.05) is 29.8 Å². The Hall–Kier alpha value is -2.19. The van der Waals surface area contributed by atoms with E-state index in [2.05, 4.69) is 49.1 Å². The van der Waals surface area contributed by atoms with Crippen LogP contribution in [0.1, 0.15) is 25.2 Å². The van der Waals surface area contributed by atoms with Crippen LogP contribution in [-0.4, -0.2) is 13.1 Å². The molecule has 2 nitrogen and oxygen atoms in total. The van der Waals surface area contributed by atoms with Crippen LogP contribution in [0, 0.1) is 0 Å². The van der Waals surface area contributed by atoms with Crippen LogP contribution in [0.4, 0.5) is 5.69 Å². The van der Waals surface area contributed by atoms with Crippen molar-refractivity contribution < 1.29 is 4.42 Å². The summed E-state index contributed by atoms with van der Waals surface area (Å²) in [5, 5.41) is 1.75. The Morgan fingerprint density at radius 1 is 0.957 bits per heavy atom. The van der Waals surface area contributed by atoms with Crippen molar-refractivity contribution >= 4 is 40.4 Å². The molecule has 1 heterocycles. The van der Waals surface area contributed by atoms with E-state index in [1.807, 2.05) is 30.3 Å². The molecule has 3 heteroatoms. The van der Waals surface area contributed by atoms with Crippen molar-refractivity contribution in [2.75, 3.05) is 18.0 Å². The highest BCUT2D eigenvalue weighted by atomic mass is 35.5. The van der Waals surface area contributed by atoms with Crippen molar-refractivity contribution in [3.63, 3.8) is 0 Å². The standard InChI is InChI=1S/C20H20ClNO/c1-3-22(4-2)18-9-5-15(6-10-18)7-11-19-14-16-13-17(21)8-12-20(16)23-19/h5-14H,3-4H2,1-2H3. The lowest BCUT2D eigenvalue weighted by Gasteiger charge is -2.20. The molecule has 2 aromatic carbocycles. The summed E-state index contributed by atoms with van der Waals surface area (Å²) in [6.45, 7) is 6.39. The lowest BCUT2D eigenvalue weighted by molar-refractivity contribution is 0.604. The van der Waals surface area contributed by atoms with Crippen LogP contribution >= 0.6 is 11.6 Å². The molecule has 0 aliphatic heterocycles. The highest BCUT2D eigenvalue weighted by Gasteiger charge is 2.02. The molecule has 0 spiro atoms. The second-order valence-electron chi connectivity index (χ2n) is 5.43. The summed E-state index contributed by atoms with van der Waals surface area (Å²) in [4.78, 5) is 2.33. The fourth-order valence-electron chi connectivity index (χ4n) is 2.68. The topological polar surface area (TPSA) is 16.4 Å². The molecule has 0 bridgehead atoms. The fraction of sp³-hybridized carbons (Fsp3) is 0.200. The first-order chi connectivity index (χ1) is 11.2. The Balaban J connectivity index is 1.78. The van der Waals surface area contributed by atoms with Gasteiger partial charge in [-0.3, -0.25) is 0 Å². The maximum Gasteiger partial charge on any atom is 0.134 e. The van der Waals surface area contributed by atoms with Gasteiger partial charge in [0, 0.05) is 29.2 Å². The molecule has 0 amide bonds. The van der Waals surface area contributed by atoms with Crippen molar-refractivity contribution in [1.29, 1.82) is 0 Å². The van der Waals surface area contributed by atoms with E-state index >= 15 is 0 Å². The number of furan rings is 1. The van der Waals surface area contributed by atoms with Crippen LogP contribution in [0.15, 0.2) is 52.9 Å². The van der Waals surface area contributed by atoms with Gasteiger partial charge in [-0.25, -0.2) is 0 Å². The highest BCUT2D eigenvalue weighted by molar-refractivity contribution is 6.31. The maximum absolute atomic E-state index is 6.00. The zero-order valence-corrected chi connectivity index (χ0v) is 14.2. The summed E-state index contributed by atoms with van der Waals surface area (Å²) >= 11 is 6.00. The van der Waals surface area contributed by atoms with E-state index in [9.17, 15) is 0 Å². The number of nitrogens with zero attached hydrogens (tertiary/aromatic N) is 1. The van der Waals surface area contributed by atoms with Gasteiger partial charge >= 0.3 is 0 Å². The van der Waals surface area contributed by atoms with Crippen molar-refractivity contribution in [2.45, 2.75) is 13.8 Å². The third-order valence-corrected chi connectivity index (χ3v) is 4.19. The summed E-state index contributed by atoms with van der Waals surface area (Å²) in [5.74, 6) is 0.829. The number of hydrogen-bond donors (Lipinski definition) is 0. The Morgan fingerprint density at radius 3 is 2.39 bits per heavy atom. The Kier molecular flexibility index (Phi) is 4.73. The van der Waals surface area contributed by atoms with Gasteiger partial charge in [-0.15, -0.1) is 0 Å². The van der Waals surface area contributed by atoms with E-state index in [1.54, 1.807) is 0 Å². The predicted octanol–water partition coefficient (Wildman–Crippen LogP) is 6.10. The van der Waals surface area contributed by atoms with Crippen molar-refractivity contribution in [3.8, 4) is 0 Å². The minimum atomic E-state index is 0.723. The third kappa shape index (κ3) is 3.59. The number of rotatable bonds is 5. The molecule has 23 heavy (non-hydrogen) atoms. The summed E-state index contributed by atoms with van der Waals surface area (Å²) < 4.78 is 5.79. The largest absolute Gasteiger partial charge is 0.457 e. The van der Waals surface area contributed by atoms with Gasteiger partial charge in [0.1, 0.15) is 11.3 Å². The molecule has 0 saturated carbocycles. The van der Waals surface area contributed by atoms with Crippen LogP contribution in [0.5, 0.6) is 0 Å². The van der Waals surface area contributed by atoms with E-state index in [0.717, 1.165) is 40.4 Å². The van der Waals surface area contributed by atoms with E-state index in [4.69, 9.17) is 16.0 Å². The normalized spacial score (nSPS) is 11.4. The van der Waals surface area contributed by atoms with Gasteiger partial charge in [0.2, 0.25) is 0 Å². The Morgan fingerprint density at radius 2 is 1.70 bits per heavy atom. The second kappa shape index (κ2) is 6.93. The third-order valence-electron chi connectivity index (χ3n) is 3.96. The molecule has 0 saturated heterocycles. The minimum Gasteiger partial charge on any atom is -0.457 e. The van der Waals surface area contributed by atoms with Crippen molar-refractivity contribution in [3.05, 3.63) is 64.9 Å². The SMILES string of the molecule is CCN(CC)c1ccc(C=Cc2cc3cc(Cl)ccc3o2)cc1. The molecule has 1 aromatic heterocycles. The van der Waals surface area contributed by atoms with Crippen LogP contribution in [-0.2, 0) is 0 Å². The number of fused-ring (bicyclic) bond motifs is 1. The summed E-state index contributed by atoms with van der Waals surface area (Å²) in [6.07, 6.45) is 4.05. The van der Waals surface area contributed by atoms with E-state index in [-0.39, 0.29) is 0 Å². The highest BCUT2D eigenvalue weighted by Crippen LogP contribution is 2.24. The van der Waals surface area contributed by atoms with E-state index < -0.39 is 0 Å². The zero-order valence-electron chi connectivity index (χ0n) is 13.4. The molecular formula is C20H20ClNO. The number of halogens is 1. The van der Waals surface area contributed by atoms with Gasteiger partial charge in [0.15, 0.2) is 0 Å². The van der Waals surface area contributed by atoms with Gasteiger partial charge in [0.25, 0.3) is 0 Å². The molecule has 0 aliphatic carbocycles. The molecule has 0 N–H and O–H groups in total. The minimum absolute atomic E-state index is 0.723. The van der Waals surface area contributed by atoms with Gasteiger partial charge in [-0.05, 0) is 61.9 Å². The van der Waals surface area contributed by atoms with Crippen molar-refractivity contribution in [2.24, 2.45) is 0 Å². The average molecular weight is 326 g/mol. The molecule has 3 rings (SSSR count). The molecular weight excluding hydrogens is 306 g/mol. The van der Waals surface area contributed by atoms with Crippen molar-refractivity contribution in [1.82, 2.24) is 0 Å².